The third-order valence-electron chi connectivity index (χ3n) is 6.11. The van der Waals surface area contributed by atoms with Gasteiger partial charge in [-0.1, -0.05) is 48.5 Å². The number of alkyl carbamates (subject to hydrolysis) is 1. The van der Waals surface area contributed by atoms with E-state index in [1.165, 1.54) is 12.1 Å². The number of anilines is 1. The molecule has 0 heterocycles. The third kappa shape index (κ3) is 4.96. The molecule has 3 aromatic rings. The fourth-order valence-electron chi connectivity index (χ4n) is 4.13. The maximum Gasteiger partial charge on any atom is 0.407 e. The van der Waals surface area contributed by atoms with Gasteiger partial charge in [-0.2, -0.15) is 0 Å². The molecule has 4 N–H and O–H groups in total. The molecule has 8 heteroatoms. The lowest BCUT2D eigenvalue weighted by molar-refractivity contribution is -0.123. The van der Waals surface area contributed by atoms with Gasteiger partial charge in [0.2, 0.25) is 5.91 Å². The Morgan fingerprint density at radius 2 is 1.54 bits per heavy atom. The van der Waals surface area contributed by atoms with E-state index in [0.29, 0.717) is 0 Å². The van der Waals surface area contributed by atoms with Crippen LogP contribution in [0.3, 0.4) is 0 Å². The third-order valence-corrected chi connectivity index (χ3v) is 6.11. The maximum absolute atomic E-state index is 12.8. The molecule has 0 bridgehead atoms. The molecule has 0 unspecified atom stereocenters. The van der Waals surface area contributed by atoms with Crippen molar-refractivity contribution in [2.24, 2.45) is 5.41 Å². The van der Waals surface area contributed by atoms with Crippen LogP contribution in [0.5, 0.6) is 5.75 Å². The number of rotatable bonds is 7. The first-order valence-electron chi connectivity index (χ1n) is 11.1. The highest BCUT2D eigenvalue weighted by Crippen LogP contribution is 2.44. The largest absolute Gasteiger partial charge is 0.508 e. The molecule has 0 aliphatic heterocycles. The van der Waals surface area contributed by atoms with Crippen LogP contribution >= 0.6 is 0 Å². The van der Waals surface area contributed by atoms with Gasteiger partial charge >= 0.3 is 12.1 Å². The molecule has 0 saturated heterocycles. The van der Waals surface area contributed by atoms with Gasteiger partial charge in [0, 0.05) is 12.5 Å². The molecule has 0 atom stereocenters. The predicted molar refractivity (Wildman–Crippen MR) is 131 cm³/mol. The normalized spacial score (nSPS) is 12.4. The Morgan fingerprint density at radius 1 is 0.943 bits per heavy atom. The van der Waals surface area contributed by atoms with Crippen molar-refractivity contribution in [1.29, 1.82) is 0 Å². The quantitative estimate of drug-likeness (QED) is 0.371. The van der Waals surface area contributed by atoms with E-state index in [2.05, 4.69) is 22.8 Å². The first kappa shape index (κ1) is 23.8. The lowest BCUT2D eigenvalue weighted by Gasteiger charge is -2.24. The molecule has 180 valence electrons. The molecule has 2 amide bonds. The van der Waals surface area contributed by atoms with E-state index < -0.39 is 23.4 Å². The summed E-state index contributed by atoms with van der Waals surface area (Å²) in [7, 11) is 0. The number of aromatic hydroxyl groups is 1. The first-order chi connectivity index (χ1) is 16.7. The second-order valence-corrected chi connectivity index (χ2v) is 9.05. The zero-order chi connectivity index (χ0) is 25.2. The van der Waals surface area contributed by atoms with Crippen molar-refractivity contribution in [3.05, 3.63) is 83.4 Å². The highest BCUT2D eigenvalue weighted by molar-refractivity contribution is 6.02. The number of ether oxygens (including phenoxy) is 1. The minimum absolute atomic E-state index is 0.0318. The van der Waals surface area contributed by atoms with E-state index in [0.717, 1.165) is 28.3 Å². The van der Waals surface area contributed by atoms with E-state index >= 15 is 0 Å². The molecule has 0 fully saturated rings. The van der Waals surface area contributed by atoms with Crippen molar-refractivity contribution in [3.8, 4) is 16.9 Å². The number of fused-ring (bicyclic) bond motifs is 3. The average molecular weight is 475 g/mol. The second kappa shape index (κ2) is 9.50. The number of carbonyl (C=O) groups excluding carboxylic acids is 2. The molecule has 4 rings (SSSR count). The van der Waals surface area contributed by atoms with E-state index in [-0.39, 0.29) is 36.1 Å². The van der Waals surface area contributed by atoms with Gasteiger partial charge in [-0.05, 0) is 54.3 Å². The predicted octanol–water partition coefficient (Wildman–Crippen LogP) is 4.59. The molecule has 3 aromatic carbocycles. The molecular formula is C27H26N2O6. The van der Waals surface area contributed by atoms with Crippen molar-refractivity contribution in [2.75, 3.05) is 18.5 Å². The SMILES string of the molecule is CC(C)(CNC(=O)OCC1c2ccccc2-c2ccccc21)C(=O)Nc1ccc(O)cc1C(=O)O. The van der Waals surface area contributed by atoms with E-state index in [1.807, 2.05) is 36.4 Å². The van der Waals surface area contributed by atoms with E-state index in [1.54, 1.807) is 13.8 Å². The number of benzene rings is 3. The fourth-order valence-corrected chi connectivity index (χ4v) is 4.13. The molecular weight excluding hydrogens is 448 g/mol. The summed E-state index contributed by atoms with van der Waals surface area (Å²) in [6.07, 6.45) is -0.649. The molecule has 1 aliphatic rings. The number of hydrogen-bond acceptors (Lipinski definition) is 5. The van der Waals surface area contributed by atoms with Crippen molar-refractivity contribution in [3.63, 3.8) is 0 Å². The van der Waals surface area contributed by atoms with Crippen LogP contribution in [0.2, 0.25) is 0 Å². The van der Waals surface area contributed by atoms with Crippen LogP contribution in [-0.4, -0.2) is 41.3 Å². The minimum atomic E-state index is -1.29. The number of carboxylic acids is 1. The molecule has 0 aromatic heterocycles. The standard InChI is InChI=1S/C27H26N2O6/c1-27(2,25(33)29-23-12-11-16(30)13-21(23)24(31)32)15-28-26(34)35-14-22-19-9-5-3-7-17(19)18-8-4-6-10-20(18)22/h3-13,22,30H,14-15H2,1-2H3,(H,28,34)(H,29,33)(H,31,32). The Labute approximate surface area is 202 Å². The summed E-state index contributed by atoms with van der Waals surface area (Å²) < 4.78 is 5.51. The molecule has 0 spiro atoms. The van der Waals surface area contributed by atoms with Crippen LogP contribution in [0.15, 0.2) is 66.7 Å². The van der Waals surface area contributed by atoms with Gasteiger partial charge in [0.15, 0.2) is 0 Å². The number of aromatic carboxylic acids is 1. The highest BCUT2D eigenvalue weighted by atomic mass is 16.5. The van der Waals surface area contributed by atoms with Crippen LogP contribution in [-0.2, 0) is 9.53 Å². The molecule has 35 heavy (non-hydrogen) atoms. The maximum atomic E-state index is 12.8. The Morgan fingerprint density at radius 3 is 2.14 bits per heavy atom. The summed E-state index contributed by atoms with van der Waals surface area (Å²) in [5.74, 6) is -2.08. The van der Waals surface area contributed by atoms with Crippen molar-refractivity contribution in [2.45, 2.75) is 19.8 Å². The number of amides is 2. The van der Waals surface area contributed by atoms with Crippen molar-refractivity contribution < 1.29 is 29.3 Å². The Bertz CT molecular complexity index is 1250. The van der Waals surface area contributed by atoms with Gasteiger partial charge < -0.3 is 25.6 Å². The van der Waals surface area contributed by atoms with Gasteiger partial charge in [0.25, 0.3) is 0 Å². The number of phenols is 1. The molecule has 0 radical (unpaired) electrons. The topological polar surface area (TPSA) is 125 Å². The smallest absolute Gasteiger partial charge is 0.407 e. The lowest BCUT2D eigenvalue weighted by Crippen LogP contribution is -2.42. The minimum Gasteiger partial charge on any atom is -0.508 e. The zero-order valence-corrected chi connectivity index (χ0v) is 19.4. The molecule has 8 nitrogen and oxygen atoms in total. The average Bonchev–Trinajstić information content (AvgIpc) is 3.16. The monoisotopic (exact) mass is 474 g/mol. The Balaban J connectivity index is 1.36. The zero-order valence-electron chi connectivity index (χ0n) is 19.4. The van der Waals surface area contributed by atoms with E-state index in [4.69, 9.17) is 4.74 Å². The summed E-state index contributed by atoms with van der Waals surface area (Å²) in [5, 5.41) is 24.0. The van der Waals surface area contributed by atoms with Crippen LogP contribution in [0.4, 0.5) is 10.5 Å². The van der Waals surface area contributed by atoms with Crippen LogP contribution in [0.1, 0.15) is 41.3 Å². The highest BCUT2D eigenvalue weighted by Gasteiger charge is 2.31. The van der Waals surface area contributed by atoms with Crippen LogP contribution < -0.4 is 10.6 Å². The van der Waals surface area contributed by atoms with Gasteiger partial charge in [-0.25, -0.2) is 9.59 Å². The van der Waals surface area contributed by atoms with Gasteiger partial charge in [-0.3, -0.25) is 4.79 Å². The van der Waals surface area contributed by atoms with Crippen LogP contribution in [0.25, 0.3) is 11.1 Å². The summed E-state index contributed by atoms with van der Waals surface area (Å²) in [6.45, 7) is 3.36. The summed E-state index contributed by atoms with van der Waals surface area (Å²) in [5.41, 5.74) is 3.20. The van der Waals surface area contributed by atoms with Crippen molar-refractivity contribution >= 4 is 23.7 Å². The second-order valence-electron chi connectivity index (χ2n) is 9.05. The number of carboxylic acid groups (broad SMARTS) is 1. The first-order valence-corrected chi connectivity index (χ1v) is 11.1. The fraction of sp³-hybridized carbons (Fsp3) is 0.222. The van der Waals surface area contributed by atoms with Gasteiger partial charge in [0.05, 0.1) is 16.7 Å². The molecule has 1 aliphatic carbocycles. The summed E-state index contributed by atoms with van der Waals surface area (Å²) in [6, 6.07) is 19.7. The molecule has 0 saturated carbocycles. The van der Waals surface area contributed by atoms with Crippen molar-refractivity contribution in [1.82, 2.24) is 5.32 Å². The van der Waals surface area contributed by atoms with Gasteiger partial charge in [-0.15, -0.1) is 0 Å². The lowest BCUT2D eigenvalue weighted by atomic mass is 9.92. The Hall–Kier alpha value is -4.33. The summed E-state index contributed by atoms with van der Waals surface area (Å²) in [4.78, 5) is 36.7. The summed E-state index contributed by atoms with van der Waals surface area (Å²) >= 11 is 0. The van der Waals surface area contributed by atoms with Gasteiger partial charge in [0.1, 0.15) is 12.4 Å². The number of phenolic OH excluding ortho intramolecular Hbond substituents is 1. The number of hydrogen-bond donors (Lipinski definition) is 4. The Kier molecular flexibility index (Phi) is 6.46. The van der Waals surface area contributed by atoms with E-state index in [9.17, 15) is 24.6 Å². The number of nitrogens with one attached hydrogen (secondary N) is 2. The number of carbonyl (C=O) groups is 3. The van der Waals surface area contributed by atoms with Crippen LogP contribution in [0, 0.1) is 5.41 Å².